The van der Waals surface area contributed by atoms with Crippen molar-refractivity contribution in [2.24, 2.45) is 0 Å². The SMILES string of the molecule is CC(CCO)SC(C)C(=O)Nc1cc(N)ccc1F. The van der Waals surface area contributed by atoms with E-state index < -0.39 is 5.82 Å². The number of rotatable bonds is 6. The van der Waals surface area contributed by atoms with Crippen LogP contribution in [0.1, 0.15) is 20.3 Å². The minimum Gasteiger partial charge on any atom is -0.399 e. The molecule has 0 spiro atoms. The summed E-state index contributed by atoms with van der Waals surface area (Å²) in [5, 5.41) is 11.2. The molecule has 0 aliphatic rings. The van der Waals surface area contributed by atoms with Gasteiger partial charge in [-0.25, -0.2) is 4.39 Å². The number of carbonyl (C=O) groups excluding carboxylic acids is 1. The number of amides is 1. The number of hydrogen-bond acceptors (Lipinski definition) is 4. The van der Waals surface area contributed by atoms with E-state index in [1.807, 2.05) is 6.92 Å². The topological polar surface area (TPSA) is 75.3 Å². The van der Waals surface area contributed by atoms with E-state index in [-0.39, 0.29) is 28.7 Å². The fourth-order valence-corrected chi connectivity index (χ4v) is 2.65. The van der Waals surface area contributed by atoms with Crippen LogP contribution in [0.3, 0.4) is 0 Å². The number of hydrogen-bond donors (Lipinski definition) is 3. The minimum atomic E-state index is -0.511. The van der Waals surface area contributed by atoms with E-state index in [1.165, 1.54) is 30.0 Å². The molecule has 4 N–H and O–H groups in total. The van der Waals surface area contributed by atoms with Gasteiger partial charge in [0.25, 0.3) is 0 Å². The van der Waals surface area contributed by atoms with Crippen molar-refractivity contribution < 1.29 is 14.3 Å². The molecule has 1 rings (SSSR count). The number of halogens is 1. The molecule has 0 radical (unpaired) electrons. The Balaban J connectivity index is 2.61. The van der Waals surface area contributed by atoms with Crippen molar-refractivity contribution in [2.45, 2.75) is 30.8 Å². The Morgan fingerprint density at radius 2 is 2.21 bits per heavy atom. The molecule has 0 aliphatic carbocycles. The van der Waals surface area contributed by atoms with Crippen LogP contribution in [-0.4, -0.2) is 28.1 Å². The van der Waals surface area contributed by atoms with Crippen LogP contribution >= 0.6 is 11.8 Å². The maximum Gasteiger partial charge on any atom is 0.237 e. The van der Waals surface area contributed by atoms with E-state index in [2.05, 4.69) is 5.32 Å². The molecule has 0 bridgehead atoms. The number of carbonyl (C=O) groups is 1. The molecule has 2 unspecified atom stereocenters. The van der Waals surface area contributed by atoms with E-state index in [4.69, 9.17) is 10.8 Å². The lowest BCUT2D eigenvalue weighted by molar-refractivity contribution is -0.115. The molecule has 0 heterocycles. The average Bonchev–Trinajstić information content (AvgIpc) is 2.34. The molecule has 6 heteroatoms. The van der Waals surface area contributed by atoms with E-state index in [0.717, 1.165) is 0 Å². The monoisotopic (exact) mass is 286 g/mol. The molecule has 4 nitrogen and oxygen atoms in total. The number of benzene rings is 1. The first-order chi connectivity index (χ1) is 8.93. The van der Waals surface area contributed by atoms with E-state index in [0.29, 0.717) is 12.1 Å². The zero-order valence-corrected chi connectivity index (χ0v) is 11.8. The first-order valence-electron chi connectivity index (χ1n) is 6.06. The van der Waals surface area contributed by atoms with Gasteiger partial charge < -0.3 is 16.2 Å². The van der Waals surface area contributed by atoms with Gasteiger partial charge in [0.05, 0.1) is 10.9 Å². The molecular formula is C13H19FN2O2S. The zero-order chi connectivity index (χ0) is 14.4. The summed E-state index contributed by atoms with van der Waals surface area (Å²) in [6.07, 6.45) is 0.620. The van der Waals surface area contributed by atoms with E-state index in [9.17, 15) is 9.18 Å². The predicted molar refractivity (Wildman–Crippen MR) is 77.7 cm³/mol. The highest BCUT2D eigenvalue weighted by atomic mass is 32.2. The first kappa shape index (κ1) is 15.8. The first-order valence-corrected chi connectivity index (χ1v) is 7.00. The Morgan fingerprint density at radius 1 is 1.53 bits per heavy atom. The summed E-state index contributed by atoms with van der Waals surface area (Å²) >= 11 is 1.44. The number of anilines is 2. The molecule has 19 heavy (non-hydrogen) atoms. The maximum absolute atomic E-state index is 13.5. The largest absolute Gasteiger partial charge is 0.399 e. The van der Waals surface area contributed by atoms with Gasteiger partial charge in [0.2, 0.25) is 5.91 Å². The van der Waals surface area contributed by atoms with Crippen LogP contribution in [-0.2, 0) is 4.79 Å². The Hall–Kier alpha value is -1.27. The van der Waals surface area contributed by atoms with Crippen molar-refractivity contribution >= 4 is 29.0 Å². The highest BCUT2D eigenvalue weighted by molar-refractivity contribution is 8.01. The molecule has 0 saturated heterocycles. The summed E-state index contributed by atoms with van der Waals surface area (Å²) in [6.45, 7) is 3.77. The van der Waals surface area contributed by atoms with Crippen LogP contribution in [0.15, 0.2) is 18.2 Å². The molecule has 0 fully saturated rings. The van der Waals surface area contributed by atoms with Gasteiger partial charge in [0, 0.05) is 17.5 Å². The Morgan fingerprint density at radius 3 is 2.84 bits per heavy atom. The number of thioether (sulfide) groups is 1. The highest BCUT2D eigenvalue weighted by Crippen LogP contribution is 2.23. The lowest BCUT2D eigenvalue weighted by atomic mass is 10.2. The van der Waals surface area contributed by atoms with Crippen LogP contribution in [0.5, 0.6) is 0 Å². The molecule has 0 saturated carbocycles. The van der Waals surface area contributed by atoms with E-state index in [1.54, 1.807) is 6.92 Å². The van der Waals surface area contributed by atoms with Gasteiger partial charge >= 0.3 is 0 Å². The Bertz CT molecular complexity index is 443. The van der Waals surface area contributed by atoms with Gasteiger partial charge in [-0.1, -0.05) is 6.92 Å². The summed E-state index contributed by atoms with van der Waals surface area (Å²) in [5.41, 5.74) is 6.03. The molecule has 1 aromatic rings. The summed E-state index contributed by atoms with van der Waals surface area (Å²) in [5.74, 6) is -0.789. The molecular weight excluding hydrogens is 267 g/mol. The van der Waals surface area contributed by atoms with E-state index >= 15 is 0 Å². The molecule has 0 aromatic heterocycles. The minimum absolute atomic E-state index is 0.0896. The van der Waals surface area contributed by atoms with Crippen molar-refractivity contribution in [1.82, 2.24) is 0 Å². The van der Waals surface area contributed by atoms with Crippen molar-refractivity contribution in [3.05, 3.63) is 24.0 Å². The lowest BCUT2D eigenvalue weighted by Gasteiger charge is -2.16. The number of nitrogens with one attached hydrogen (secondary N) is 1. The van der Waals surface area contributed by atoms with Crippen LogP contribution in [0, 0.1) is 5.82 Å². The van der Waals surface area contributed by atoms with Crippen molar-refractivity contribution in [1.29, 1.82) is 0 Å². The number of nitrogen functional groups attached to an aromatic ring is 1. The van der Waals surface area contributed by atoms with Crippen molar-refractivity contribution in [3.63, 3.8) is 0 Å². The van der Waals surface area contributed by atoms with Crippen LogP contribution in [0.4, 0.5) is 15.8 Å². The second-order valence-electron chi connectivity index (χ2n) is 4.33. The van der Waals surface area contributed by atoms with Gasteiger partial charge in [0.15, 0.2) is 0 Å². The van der Waals surface area contributed by atoms with Crippen LogP contribution in [0.2, 0.25) is 0 Å². The number of nitrogens with two attached hydrogens (primary N) is 1. The Kier molecular flexibility index (Phi) is 6.11. The number of aliphatic hydroxyl groups is 1. The summed E-state index contributed by atoms with van der Waals surface area (Å²) < 4.78 is 13.5. The van der Waals surface area contributed by atoms with Gasteiger partial charge in [-0.2, -0.15) is 0 Å². The summed E-state index contributed by atoms with van der Waals surface area (Å²) in [4.78, 5) is 11.9. The molecule has 1 amide bonds. The third-order valence-corrected chi connectivity index (χ3v) is 3.91. The third-order valence-electron chi connectivity index (χ3n) is 2.59. The Labute approximate surface area is 116 Å². The smallest absolute Gasteiger partial charge is 0.237 e. The molecule has 2 atom stereocenters. The van der Waals surface area contributed by atoms with Crippen molar-refractivity contribution in [2.75, 3.05) is 17.7 Å². The molecule has 1 aromatic carbocycles. The third kappa shape index (κ3) is 5.08. The normalized spacial score (nSPS) is 13.9. The maximum atomic E-state index is 13.5. The zero-order valence-electron chi connectivity index (χ0n) is 11.0. The van der Waals surface area contributed by atoms with Crippen LogP contribution in [0.25, 0.3) is 0 Å². The lowest BCUT2D eigenvalue weighted by Crippen LogP contribution is -2.25. The molecule has 106 valence electrons. The second kappa shape index (κ2) is 7.35. The standard InChI is InChI=1S/C13H19FN2O2S/c1-8(5-6-17)19-9(2)13(18)16-12-7-10(15)3-4-11(12)14/h3-4,7-9,17H,5-6,15H2,1-2H3,(H,16,18). The van der Waals surface area contributed by atoms with Crippen molar-refractivity contribution in [3.8, 4) is 0 Å². The van der Waals surface area contributed by atoms with Gasteiger partial charge in [-0.3, -0.25) is 4.79 Å². The number of aliphatic hydroxyl groups excluding tert-OH is 1. The molecule has 0 aliphatic heterocycles. The highest BCUT2D eigenvalue weighted by Gasteiger charge is 2.18. The second-order valence-corrected chi connectivity index (χ2v) is 6.11. The van der Waals surface area contributed by atoms with Crippen LogP contribution < -0.4 is 11.1 Å². The van der Waals surface area contributed by atoms with Gasteiger partial charge in [-0.15, -0.1) is 11.8 Å². The summed E-state index contributed by atoms with van der Waals surface area (Å²) in [7, 11) is 0. The van der Waals surface area contributed by atoms with Gasteiger partial charge in [-0.05, 0) is 31.5 Å². The predicted octanol–water partition coefficient (Wildman–Crippen LogP) is 2.24. The fourth-order valence-electron chi connectivity index (χ4n) is 1.53. The fraction of sp³-hybridized carbons (Fsp3) is 0.462. The summed E-state index contributed by atoms with van der Waals surface area (Å²) in [6, 6.07) is 4.05. The van der Waals surface area contributed by atoms with Gasteiger partial charge in [0.1, 0.15) is 5.82 Å². The average molecular weight is 286 g/mol. The quantitative estimate of drug-likeness (QED) is 0.701.